The first kappa shape index (κ1) is 9.43. The summed E-state index contributed by atoms with van der Waals surface area (Å²) in [6, 6.07) is 0. The molecule has 0 aromatic rings. The van der Waals surface area contributed by atoms with Gasteiger partial charge in [-0.1, -0.05) is 6.42 Å². The van der Waals surface area contributed by atoms with Gasteiger partial charge in [-0.05, 0) is 25.7 Å². The summed E-state index contributed by atoms with van der Waals surface area (Å²) < 4.78 is 0. The highest BCUT2D eigenvalue weighted by atomic mass is 16.1. The van der Waals surface area contributed by atoms with E-state index in [0.29, 0.717) is 24.5 Å². The molecular weight excluding hydrogens is 152 g/mol. The maximum absolute atomic E-state index is 11.2. The second kappa shape index (κ2) is 4.39. The van der Waals surface area contributed by atoms with Crippen LogP contribution in [0.25, 0.3) is 0 Å². The molecule has 0 aromatic heterocycles. The average Bonchev–Trinajstić information content (AvgIpc) is 2.12. The minimum Gasteiger partial charge on any atom is -0.300 e. The predicted octanol–water partition coefficient (Wildman–Crippen LogP) is 2.11. The van der Waals surface area contributed by atoms with E-state index in [0.717, 1.165) is 25.7 Å². The van der Waals surface area contributed by atoms with Gasteiger partial charge in [-0.25, -0.2) is 0 Å². The molecule has 0 aromatic carbocycles. The van der Waals surface area contributed by atoms with Gasteiger partial charge in [0.15, 0.2) is 0 Å². The Bertz CT molecular complexity index is 184. The van der Waals surface area contributed by atoms with Crippen LogP contribution in [0, 0.1) is 5.92 Å². The molecule has 1 aliphatic carbocycles. The van der Waals surface area contributed by atoms with E-state index in [4.69, 9.17) is 0 Å². The van der Waals surface area contributed by atoms with E-state index in [-0.39, 0.29) is 5.78 Å². The molecule has 0 amide bonds. The van der Waals surface area contributed by atoms with Crippen molar-refractivity contribution in [1.29, 1.82) is 0 Å². The highest BCUT2D eigenvalue weighted by Gasteiger charge is 2.18. The third-order valence-corrected chi connectivity index (χ3v) is 2.41. The molecule has 2 heteroatoms. The molecule has 0 unspecified atom stereocenters. The summed E-state index contributed by atoms with van der Waals surface area (Å²) in [7, 11) is 0. The van der Waals surface area contributed by atoms with E-state index in [1.807, 2.05) is 0 Å². The Labute approximate surface area is 73.3 Å². The molecule has 0 spiro atoms. The fourth-order valence-electron chi connectivity index (χ4n) is 1.86. The molecule has 0 saturated heterocycles. The average molecular weight is 168 g/mol. The maximum Gasteiger partial charge on any atom is 0.133 e. The fourth-order valence-corrected chi connectivity index (χ4v) is 1.86. The number of Topliss-reactive ketones (excluding diaryl/α,β-unsaturated/α-hetero) is 2. The minimum atomic E-state index is 0.217. The summed E-state index contributed by atoms with van der Waals surface area (Å²) in [5, 5.41) is 0. The van der Waals surface area contributed by atoms with Gasteiger partial charge in [0.1, 0.15) is 11.6 Å². The Morgan fingerprint density at radius 2 is 2.25 bits per heavy atom. The smallest absolute Gasteiger partial charge is 0.133 e. The van der Waals surface area contributed by atoms with Crippen molar-refractivity contribution in [1.82, 2.24) is 0 Å². The van der Waals surface area contributed by atoms with E-state index in [1.54, 1.807) is 6.92 Å². The highest BCUT2D eigenvalue weighted by molar-refractivity contribution is 5.80. The first-order valence-electron chi connectivity index (χ1n) is 4.69. The van der Waals surface area contributed by atoms with Gasteiger partial charge in [0.25, 0.3) is 0 Å². The maximum atomic E-state index is 11.2. The fraction of sp³-hybridized carbons (Fsp3) is 0.800. The Kier molecular flexibility index (Phi) is 3.45. The molecule has 2 nitrogen and oxygen atoms in total. The summed E-state index contributed by atoms with van der Waals surface area (Å²) >= 11 is 0. The molecule has 68 valence electrons. The van der Waals surface area contributed by atoms with E-state index in [9.17, 15) is 9.59 Å². The number of ketones is 2. The molecule has 0 aliphatic heterocycles. The molecule has 0 radical (unpaired) electrons. The lowest BCUT2D eigenvalue weighted by Gasteiger charge is -2.09. The van der Waals surface area contributed by atoms with Crippen LogP contribution in [0.15, 0.2) is 0 Å². The Morgan fingerprint density at radius 1 is 1.50 bits per heavy atom. The molecular formula is C10H16O2. The number of hydrogen-bond acceptors (Lipinski definition) is 2. The largest absolute Gasteiger partial charge is 0.300 e. The van der Waals surface area contributed by atoms with Crippen LogP contribution in [0.2, 0.25) is 0 Å². The van der Waals surface area contributed by atoms with Crippen LogP contribution in [-0.2, 0) is 9.59 Å². The van der Waals surface area contributed by atoms with Crippen LogP contribution in [0.1, 0.15) is 45.4 Å². The topological polar surface area (TPSA) is 34.1 Å². The third-order valence-electron chi connectivity index (χ3n) is 2.41. The highest BCUT2D eigenvalue weighted by Crippen LogP contribution is 2.23. The van der Waals surface area contributed by atoms with Crippen molar-refractivity contribution in [3.8, 4) is 0 Å². The van der Waals surface area contributed by atoms with Crippen molar-refractivity contribution in [3.63, 3.8) is 0 Å². The van der Waals surface area contributed by atoms with E-state index in [1.165, 1.54) is 0 Å². The van der Waals surface area contributed by atoms with Crippen molar-refractivity contribution in [2.75, 3.05) is 0 Å². The molecule has 1 rings (SSSR count). The quantitative estimate of drug-likeness (QED) is 0.592. The van der Waals surface area contributed by atoms with Crippen LogP contribution in [0.5, 0.6) is 0 Å². The van der Waals surface area contributed by atoms with E-state index >= 15 is 0 Å². The van der Waals surface area contributed by atoms with Crippen LogP contribution < -0.4 is 0 Å². The Hall–Kier alpha value is -0.660. The normalized spacial score (nSPS) is 25.1. The monoisotopic (exact) mass is 168 g/mol. The number of carbonyl (C=O) groups excluding carboxylic acids is 2. The number of rotatable bonds is 2. The van der Waals surface area contributed by atoms with Crippen molar-refractivity contribution < 1.29 is 9.59 Å². The lowest BCUT2D eigenvalue weighted by atomic mass is 9.94. The van der Waals surface area contributed by atoms with Crippen LogP contribution >= 0.6 is 0 Å². The van der Waals surface area contributed by atoms with E-state index in [2.05, 4.69) is 0 Å². The third kappa shape index (κ3) is 3.16. The van der Waals surface area contributed by atoms with E-state index < -0.39 is 0 Å². The van der Waals surface area contributed by atoms with Gasteiger partial charge in [0, 0.05) is 19.3 Å². The summed E-state index contributed by atoms with van der Waals surface area (Å²) in [6.07, 6.45) is 5.17. The van der Waals surface area contributed by atoms with Gasteiger partial charge in [-0.15, -0.1) is 0 Å². The molecule has 1 saturated carbocycles. The van der Waals surface area contributed by atoms with Gasteiger partial charge < -0.3 is 4.79 Å². The molecule has 12 heavy (non-hydrogen) atoms. The lowest BCUT2D eigenvalue weighted by molar-refractivity contribution is -0.120. The molecule has 1 aliphatic rings. The summed E-state index contributed by atoms with van der Waals surface area (Å²) in [5.74, 6) is 0.908. The predicted molar refractivity (Wildman–Crippen MR) is 46.9 cm³/mol. The van der Waals surface area contributed by atoms with Crippen LogP contribution in [0.3, 0.4) is 0 Å². The molecule has 0 N–H and O–H groups in total. The van der Waals surface area contributed by atoms with Crippen LogP contribution in [-0.4, -0.2) is 11.6 Å². The van der Waals surface area contributed by atoms with Gasteiger partial charge >= 0.3 is 0 Å². The molecule has 0 bridgehead atoms. The van der Waals surface area contributed by atoms with Gasteiger partial charge in [-0.3, -0.25) is 4.79 Å². The first-order valence-corrected chi connectivity index (χ1v) is 4.69. The lowest BCUT2D eigenvalue weighted by Crippen LogP contribution is -2.08. The van der Waals surface area contributed by atoms with Crippen LogP contribution in [0.4, 0.5) is 0 Å². The standard InChI is InChI=1S/C10H16O2/c1-8(11)6-9-4-2-3-5-10(12)7-9/h9H,2-7H2,1H3/t9-/m0/s1. The van der Waals surface area contributed by atoms with Crippen molar-refractivity contribution >= 4 is 11.6 Å². The molecule has 0 heterocycles. The van der Waals surface area contributed by atoms with Gasteiger partial charge in [0.2, 0.25) is 0 Å². The summed E-state index contributed by atoms with van der Waals surface area (Å²) in [4.78, 5) is 22.0. The zero-order valence-electron chi connectivity index (χ0n) is 7.64. The Morgan fingerprint density at radius 3 is 2.92 bits per heavy atom. The second-order valence-electron chi connectivity index (χ2n) is 3.76. The van der Waals surface area contributed by atoms with Crippen molar-refractivity contribution in [3.05, 3.63) is 0 Å². The van der Waals surface area contributed by atoms with Gasteiger partial charge in [-0.2, -0.15) is 0 Å². The van der Waals surface area contributed by atoms with Crippen molar-refractivity contribution in [2.24, 2.45) is 5.92 Å². The number of hydrogen-bond donors (Lipinski definition) is 0. The summed E-state index contributed by atoms with van der Waals surface area (Å²) in [5.41, 5.74) is 0. The molecule has 1 atom stereocenters. The Balaban J connectivity index is 2.41. The second-order valence-corrected chi connectivity index (χ2v) is 3.76. The minimum absolute atomic E-state index is 0.217. The van der Waals surface area contributed by atoms with Crippen molar-refractivity contribution in [2.45, 2.75) is 45.4 Å². The SMILES string of the molecule is CC(=O)C[C@@H]1CCCCC(=O)C1. The zero-order chi connectivity index (χ0) is 8.97. The van der Waals surface area contributed by atoms with Gasteiger partial charge in [0.05, 0.1) is 0 Å². The summed E-state index contributed by atoms with van der Waals surface area (Å²) in [6.45, 7) is 1.61. The number of carbonyl (C=O) groups is 2. The molecule has 1 fully saturated rings. The zero-order valence-corrected chi connectivity index (χ0v) is 7.64. The first-order chi connectivity index (χ1) is 5.68.